The number of hydrogen-bond donors (Lipinski definition) is 3. The molecule has 1 atom stereocenters. The molecule has 0 fully saturated rings. The molecule has 0 amide bonds. The van der Waals surface area contributed by atoms with Crippen LogP contribution in [-0.4, -0.2) is 28.2 Å². The molecule has 5 nitrogen and oxygen atoms in total. The molecular weight excluding hydrogens is 354 g/mol. The number of aromatic carboxylic acids is 1. The molecule has 1 unspecified atom stereocenters. The van der Waals surface area contributed by atoms with Crippen LogP contribution in [0.2, 0.25) is 0 Å². The lowest BCUT2D eigenvalue weighted by molar-refractivity contribution is -0.138. The topological polar surface area (TPSA) is 86.6 Å². The number of nitrogens with one attached hydrogen (secondary N) is 1. The second-order valence-corrected chi connectivity index (χ2v) is 7.60. The quantitative estimate of drug-likeness (QED) is 0.270. The molecule has 0 spiro atoms. The number of anilines is 1. The zero-order valence-corrected chi connectivity index (χ0v) is 17.3. The highest BCUT2D eigenvalue weighted by molar-refractivity contribution is 5.88. The Hall–Kier alpha value is -2.04. The summed E-state index contributed by atoms with van der Waals surface area (Å²) in [6, 6.07) is 5.54. The maximum atomic E-state index is 11.5. The van der Waals surface area contributed by atoms with Crippen molar-refractivity contribution >= 4 is 17.6 Å². The second-order valence-electron chi connectivity index (χ2n) is 7.60. The lowest BCUT2D eigenvalue weighted by Crippen LogP contribution is -2.29. The number of aliphatic carboxylic acids is 1. The van der Waals surface area contributed by atoms with Crippen molar-refractivity contribution in [3.05, 3.63) is 29.8 Å². The van der Waals surface area contributed by atoms with Crippen LogP contribution >= 0.6 is 0 Å². The maximum Gasteiger partial charge on any atom is 0.335 e. The van der Waals surface area contributed by atoms with Crippen molar-refractivity contribution in [2.75, 3.05) is 5.32 Å². The van der Waals surface area contributed by atoms with Gasteiger partial charge < -0.3 is 15.5 Å². The third kappa shape index (κ3) is 11.0. The number of hydrogen-bond acceptors (Lipinski definition) is 3. The van der Waals surface area contributed by atoms with Gasteiger partial charge in [-0.15, -0.1) is 0 Å². The van der Waals surface area contributed by atoms with Gasteiger partial charge in [0.25, 0.3) is 0 Å². The van der Waals surface area contributed by atoms with Gasteiger partial charge in [0.2, 0.25) is 0 Å². The summed E-state index contributed by atoms with van der Waals surface area (Å²) >= 11 is 0. The first-order valence-electron chi connectivity index (χ1n) is 10.9. The van der Waals surface area contributed by atoms with Crippen molar-refractivity contribution in [2.45, 2.75) is 96.4 Å². The van der Waals surface area contributed by atoms with Crippen LogP contribution < -0.4 is 5.32 Å². The van der Waals surface area contributed by atoms with Crippen LogP contribution in [0.3, 0.4) is 0 Å². The van der Waals surface area contributed by atoms with Crippen molar-refractivity contribution in [1.82, 2.24) is 0 Å². The summed E-state index contributed by atoms with van der Waals surface area (Å²) in [5.74, 6) is -1.86. The number of unbranched alkanes of at least 4 members (excludes halogenated alkanes) is 11. The molecule has 1 rings (SSSR count). The largest absolute Gasteiger partial charge is 0.480 e. The van der Waals surface area contributed by atoms with Crippen LogP contribution in [0.1, 0.15) is 101 Å². The van der Waals surface area contributed by atoms with Crippen LogP contribution in [0.15, 0.2) is 24.3 Å². The molecule has 0 aliphatic heterocycles. The fourth-order valence-corrected chi connectivity index (χ4v) is 3.36. The highest BCUT2D eigenvalue weighted by Crippen LogP contribution is 2.16. The average Bonchev–Trinajstić information content (AvgIpc) is 2.68. The Morgan fingerprint density at radius 3 is 1.68 bits per heavy atom. The van der Waals surface area contributed by atoms with Gasteiger partial charge in [0.15, 0.2) is 0 Å². The molecule has 0 aromatic heterocycles. The molecule has 158 valence electrons. The van der Waals surface area contributed by atoms with Crippen molar-refractivity contribution in [1.29, 1.82) is 0 Å². The SMILES string of the molecule is CCCCCCCCCCCCCCC(Nc1ccc(C(=O)O)cc1)C(=O)O. The minimum atomic E-state index is -0.988. The van der Waals surface area contributed by atoms with Gasteiger partial charge in [-0.2, -0.15) is 0 Å². The minimum absolute atomic E-state index is 0.193. The molecule has 0 aliphatic carbocycles. The average molecular weight is 392 g/mol. The smallest absolute Gasteiger partial charge is 0.335 e. The highest BCUT2D eigenvalue weighted by atomic mass is 16.4. The predicted octanol–water partition coefficient (Wildman–Crippen LogP) is 6.34. The standard InChI is InChI=1S/C23H37NO4/c1-2-3-4-5-6-7-8-9-10-11-12-13-14-21(23(27)28)24-20-17-15-19(16-18-20)22(25)26/h15-18,21,24H,2-14H2,1H3,(H,25,26)(H,27,28). The van der Waals surface area contributed by atoms with Gasteiger partial charge in [0.1, 0.15) is 6.04 Å². The second kappa shape index (κ2) is 14.9. The summed E-state index contributed by atoms with van der Waals surface area (Å²) in [5, 5.41) is 21.3. The maximum absolute atomic E-state index is 11.5. The van der Waals surface area contributed by atoms with E-state index in [-0.39, 0.29) is 5.56 Å². The van der Waals surface area contributed by atoms with E-state index in [4.69, 9.17) is 5.11 Å². The Labute approximate surface area is 169 Å². The van der Waals surface area contributed by atoms with Crippen LogP contribution in [-0.2, 0) is 4.79 Å². The summed E-state index contributed by atoms with van der Waals surface area (Å²) in [5.41, 5.74) is 0.828. The Morgan fingerprint density at radius 2 is 1.25 bits per heavy atom. The molecule has 28 heavy (non-hydrogen) atoms. The fraction of sp³-hybridized carbons (Fsp3) is 0.652. The first-order chi connectivity index (χ1) is 13.5. The van der Waals surface area contributed by atoms with Crippen LogP contribution in [0.4, 0.5) is 5.69 Å². The van der Waals surface area contributed by atoms with Gasteiger partial charge in [-0.3, -0.25) is 0 Å². The molecule has 0 saturated carbocycles. The van der Waals surface area contributed by atoms with Crippen molar-refractivity contribution in [2.24, 2.45) is 0 Å². The number of carbonyl (C=O) groups is 2. The zero-order valence-electron chi connectivity index (χ0n) is 17.3. The van der Waals surface area contributed by atoms with Crippen molar-refractivity contribution < 1.29 is 19.8 Å². The molecule has 1 aromatic carbocycles. The van der Waals surface area contributed by atoms with E-state index in [2.05, 4.69) is 12.2 Å². The van der Waals surface area contributed by atoms with E-state index in [1.54, 1.807) is 12.1 Å². The predicted molar refractivity (Wildman–Crippen MR) is 114 cm³/mol. The number of benzene rings is 1. The van der Waals surface area contributed by atoms with E-state index in [0.717, 1.165) is 19.3 Å². The third-order valence-electron chi connectivity index (χ3n) is 5.12. The Balaban J connectivity index is 2.12. The molecule has 0 heterocycles. The van der Waals surface area contributed by atoms with E-state index in [1.165, 1.54) is 69.9 Å². The van der Waals surface area contributed by atoms with Crippen LogP contribution in [0.5, 0.6) is 0 Å². The van der Waals surface area contributed by atoms with Gasteiger partial charge in [0.05, 0.1) is 5.56 Å². The molecule has 1 aromatic rings. The Bertz CT molecular complexity index is 556. The van der Waals surface area contributed by atoms with E-state index in [1.807, 2.05) is 0 Å². The van der Waals surface area contributed by atoms with Crippen molar-refractivity contribution in [3.63, 3.8) is 0 Å². The Kier molecular flexibility index (Phi) is 12.8. The van der Waals surface area contributed by atoms with E-state index >= 15 is 0 Å². The van der Waals surface area contributed by atoms with E-state index in [9.17, 15) is 14.7 Å². The van der Waals surface area contributed by atoms with Crippen LogP contribution in [0.25, 0.3) is 0 Å². The molecule has 5 heteroatoms. The first-order valence-corrected chi connectivity index (χ1v) is 10.9. The lowest BCUT2D eigenvalue weighted by Gasteiger charge is -2.16. The fourth-order valence-electron chi connectivity index (χ4n) is 3.36. The van der Waals surface area contributed by atoms with E-state index in [0.29, 0.717) is 12.1 Å². The van der Waals surface area contributed by atoms with E-state index < -0.39 is 18.0 Å². The highest BCUT2D eigenvalue weighted by Gasteiger charge is 2.16. The van der Waals surface area contributed by atoms with Crippen molar-refractivity contribution in [3.8, 4) is 0 Å². The van der Waals surface area contributed by atoms with Gasteiger partial charge in [0, 0.05) is 5.69 Å². The summed E-state index contributed by atoms with van der Waals surface area (Å²) < 4.78 is 0. The molecule has 0 aliphatic rings. The number of carboxylic acids is 2. The minimum Gasteiger partial charge on any atom is -0.480 e. The number of rotatable bonds is 17. The normalized spacial score (nSPS) is 11.9. The molecule has 0 bridgehead atoms. The lowest BCUT2D eigenvalue weighted by atomic mass is 10.0. The van der Waals surface area contributed by atoms with Gasteiger partial charge in [-0.25, -0.2) is 9.59 Å². The monoisotopic (exact) mass is 391 g/mol. The summed E-state index contributed by atoms with van der Waals surface area (Å²) in [6.07, 6.45) is 15.6. The van der Waals surface area contributed by atoms with Gasteiger partial charge in [-0.1, -0.05) is 84.0 Å². The summed E-state index contributed by atoms with van der Waals surface area (Å²) in [6.45, 7) is 2.24. The Morgan fingerprint density at radius 1 is 0.786 bits per heavy atom. The van der Waals surface area contributed by atoms with Gasteiger partial charge >= 0.3 is 11.9 Å². The zero-order chi connectivity index (χ0) is 20.6. The molecule has 0 saturated heterocycles. The number of carboxylic acid groups (broad SMARTS) is 2. The molecular formula is C23H37NO4. The molecule has 3 N–H and O–H groups in total. The molecule has 0 radical (unpaired) electrons. The third-order valence-corrected chi connectivity index (χ3v) is 5.12. The summed E-state index contributed by atoms with van der Waals surface area (Å²) in [4.78, 5) is 22.3. The summed E-state index contributed by atoms with van der Waals surface area (Å²) in [7, 11) is 0. The van der Waals surface area contributed by atoms with Crippen LogP contribution in [0, 0.1) is 0 Å². The first kappa shape index (κ1) is 24.0. The van der Waals surface area contributed by atoms with Gasteiger partial charge in [-0.05, 0) is 30.7 Å².